The Hall–Kier alpha value is -1.89. The van der Waals surface area contributed by atoms with Gasteiger partial charge in [0.25, 0.3) is 0 Å². The highest BCUT2D eigenvalue weighted by atomic mass is 35.5. The molecular weight excluding hydrogens is 377 g/mol. The summed E-state index contributed by atoms with van der Waals surface area (Å²) in [4.78, 5) is 26.8. The summed E-state index contributed by atoms with van der Waals surface area (Å²) in [7, 11) is 0. The van der Waals surface area contributed by atoms with Crippen LogP contribution >= 0.6 is 23.2 Å². The number of hydrogen-bond acceptors (Lipinski definition) is 4. The van der Waals surface area contributed by atoms with E-state index in [2.05, 4.69) is 5.10 Å². The van der Waals surface area contributed by atoms with E-state index < -0.39 is 0 Å². The van der Waals surface area contributed by atoms with Crippen LogP contribution < -0.4 is 4.90 Å². The molecule has 8 heteroatoms. The van der Waals surface area contributed by atoms with E-state index in [9.17, 15) is 9.59 Å². The van der Waals surface area contributed by atoms with E-state index in [0.717, 1.165) is 18.4 Å². The van der Waals surface area contributed by atoms with E-state index in [0.29, 0.717) is 22.4 Å². The van der Waals surface area contributed by atoms with Crippen LogP contribution in [0, 0.1) is 11.8 Å². The molecule has 3 fully saturated rings. The number of hydrogen-bond donors (Lipinski definition) is 0. The van der Waals surface area contributed by atoms with Gasteiger partial charge in [-0.1, -0.05) is 29.3 Å². The van der Waals surface area contributed by atoms with Gasteiger partial charge in [-0.05, 0) is 25.0 Å². The van der Waals surface area contributed by atoms with E-state index in [4.69, 9.17) is 27.9 Å². The van der Waals surface area contributed by atoms with Crippen molar-refractivity contribution in [2.24, 2.45) is 11.8 Å². The quantitative estimate of drug-likeness (QED) is 0.754. The molecule has 26 heavy (non-hydrogen) atoms. The van der Waals surface area contributed by atoms with Gasteiger partial charge in [-0.15, -0.1) is 0 Å². The first-order valence-electron chi connectivity index (χ1n) is 8.54. The molecule has 0 radical (unpaired) electrons. The first kappa shape index (κ1) is 16.3. The predicted molar refractivity (Wildman–Crippen MR) is 95.2 cm³/mol. The van der Waals surface area contributed by atoms with Crippen molar-refractivity contribution in [2.75, 3.05) is 4.90 Å². The van der Waals surface area contributed by atoms with Gasteiger partial charge in [-0.2, -0.15) is 5.10 Å². The standard InChI is InChI=1S/C18H15Cl2N3O3/c19-10-2-1-3-11(20)9(10)8-22-7-6-14(21-22)23-17(24)15-12-4-5-13(26-12)16(15)18(23)25/h1-3,6-7,12-13,15-16H,4-5,8H2. The van der Waals surface area contributed by atoms with Gasteiger partial charge in [0.05, 0.1) is 30.6 Å². The summed E-state index contributed by atoms with van der Waals surface area (Å²) in [6.45, 7) is 0.357. The maximum absolute atomic E-state index is 12.8. The number of imide groups is 1. The van der Waals surface area contributed by atoms with Gasteiger partial charge in [0.1, 0.15) is 0 Å². The Kier molecular flexibility index (Phi) is 3.64. The number of fused-ring (bicyclic) bond motifs is 5. The average Bonchev–Trinajstić information content (AvgIpc) is 3.36. The molecule has 0 aliphatic carbocycles. The summed E-state index contributed by atoms with van der Waals surface area (Å²) in [5.41, 5.74) is 0.743. The molecule has 2 amide bonds. The maximum atomic E-state index is 12.8. The molecule has 3 aliphatic heterocycles. The fourth-order valence-electron chi connectivity index (χ4n) is 4.34. The van der Waals surface area contributed by atoms with Crippen LogP contribution in [-0.4, -0.2) is 33.8 Å². The summed E-state index contributed by atoms with van der Waals surface area (Å²) < 4.78 is 7.38. The Labute approximate surface area is 159 Å². The minimum Gasteiger partial charge on any atom is -0.373 e. The summed E-state index contributed by atoms with van der Waals surface area (Å²) in [6.07, 6.45) is 3.15. The van der Waals surface area contributed by atoms with Crippen LogP contribution in [0.2, 0.25) is 10.0 Å². The molecule has 3 saturated heterocycles. The first-order valence-corrected chi connectivity index (χ1v) is 9.30. The molecule has 4 unspecified atom stereocenters. The highest BCUT2D eigenvalue weighted by Gasteiger charge is 2.63. The molecule has 2 aromatic rings. The Morgan fingerprint density at radius 2 is 1.65 bits per heavy atom. The highest BCUT2D eigenvalue weighted by molar-refractivity contribution is 6.36. The number of ether oxygens (including phenoxy) is 1. The molecule has 6 nitrogen and oxygen atoms in total. The van der Waals surface area contributed by atoms with Crippen molar-refractivity contribution < 1.29 is 14.3 Å². The zero-order chi connectivity index (χ0) is 18.0. The van der Waals surface area contributed by atoms with Crippen molar-refractivity contribution in [3.63, 3.8) is 0 Å². The fraction of sp³-hybridized carbons (Fsp3) is 0.389. The zero-order valence-corrected chi connectivity index (χ0v) is 15.2. The number of benzene rings is 1. The second-order valence-corrected chi connectivity index (χ2v) is 7.74. The van der Waals surface area contributed by atoms with E-state index in [-0.39, 0.29) is 35.9 Å². The van der Waals surface area contributed by atoms with Crippen molar-refractivity contribution in [2.45, 2.75) is 31.6 Å². The van der Waals surface area contributed by atoms with Crippen LogP contribution in [0.15, 0.2) is 30.5 Å². The third kappa shape index (κ3) is 2.25. The van der Waals surface area contributed by atoms with Crippen LogP contribution in [0.3, 0.4) is 0 Å². The molecule has 4 atom stereocenters. The molecule has 1 aromatic heterocycles. The second-order valence-electron chi connectivity index (χ2n) is 6.93. The van der Waals surface area contributed by atoms with E-state index in [1.165, 1.54) is 4.90 Å². The highest BCUT2D eigenvalue weighted by Crippen LogP contribution is 2.49. The first-order chi connectivity index (χ1) is 12.5. The number of amides is 2. The molecule has 5 rings (SSSR count). The van der Waals surface area contributed by atoms with Crippen LogP contribution in [0.1, 0.15) is 18.4 Å². The van der Waals surface area contributed by atoms with Gasteiger partial charge in [0, 0.05) is 27.9 Å². The Morgan fingerprint density at radius 1 is 1.04 bits per heavy atom. The molecule has 0 saturated carbocycles. The van der Waals surface area contributed by atoms with Gasteiger partial charge >= 0.3 is 0 Å². The number of halogens is 2. The maximum Gasteiger partial charge on any atom is 0.241 e. The molecule has 2 bridgehead atoms. The molecule has 1 aromatic carbocycles. The largest absolute Gasteiger partial charge is 0.373 e. The number of rotatable bonds is 3. The van der Waals surface area contributed by atoms with E-state index in [1.54, 1.807) is 35.1 Å². The van der Waals surface area contributed by atoms with Crippen molar-refractivity contribution in [3.05, 3.63) is 46.1 Å². The van der Waals surface area contributed by atoms with Crippen LogP contribution in [0.4, 0.5) is 5.82 Å². The van der Waals surface area contributed by atoms with Crippen LogP contribution in [0.5, 0.6) is 0 Å². The van der Waals surface area contributed by atoms with Crippen LogP contribution in [-0.2, 0) is 20.9 Å². The van der Waals surface area contributed by atoms with Crippen molar-refractivity contribution in [1.82, 2.24) is 9.78 Å². The zero-order valence-electron chi connectivity index (χ0n) is 13.6. The lowest BCUT2D eigenvalue weighted by molar-refractivity contribution is -0.124. The monoisotopic (exact) mass is 391 g/mol. The lowest BCUT2D eigenvalue weighted by Gasteiger charge is -2.15. The lowest BCUT2D eigenvalue weighted by atomic mass is 9.81. The topological polar surface area (TPSA) is 64.4 Å². The predicted octanol–water partition coefficient (Wildman–Crippen LogP) is 2.91. The van der Waals surface area contributed by atoms with Crippen molar-refractivity contribution in [1.29, 1.82) is 0 Å². The van der Waals surface area contributed by atoms with Crippen molar-refractivity contribution in [3.8, 4) is 0 Å². The molecule has 3 aliphatic rings. The van der Waals surface area contributed by atoms with Crippen LogP contribution in [0.25, 0.3) is 0 Å². The number of carbonyl (C=O) groups is 2. The smallest absolute Gasteiger partial charge is 0.241 e. The Bertz CT molecular complexity index is 880. The lowest BCUT2D eigenvalue weighted by Crippen LogP contribution is -2.34. The van der Waals surface area contributed by atoms with Gasteiger partial charge in [-0.25, -0.2) is 4.90 Å². The number of aromatic nitrogens is 2. The van der Waals surface area contributed by atoms with Gasteiger partial charge in [0.2, 0.25) is 11.8 Å². The Morgan fingerprint density at radius 3 is 2.27 bits per heavy atom. The summed E-state index contributed by atoms with van der Waals surface area (Å²) in [6, 6.07) is 6.97. The third-order valence-electron chi connectivity index (χ3n) is 5.52. The number of carbonyl (C=O) groups excluding carboxylic acids is 2. The summed E-state index contributed by atoms with van der Waals surface area (Å²) in [5.74, 6) is -0.771. The Balaban J connectivity index is 1.42. The molecule has 4 heterocycles. The molecule has 134 valence electrons. The molecular formula is C18H15Cl2N3O3. The van der Waals surface area contributed by atoms with Crippen molar-refractivity contribution >= 4 is 40.8 Å². The third-order valence-corrected chi connectivity index (χ3v) is 6.23. The second kappa shape index (κ2) is 5.81. The van der Waals surface area contributed by atoms with Gasteiger partial charge in [-0.3, -0.25) is 14.3 Å². The normalized spacial score (nSPS) is 29.7. The van der Waals surface area contributed by atoms with E-state index >= 15 is 0 Å². The minimum absolute atomic E-state index is 0.129. The van der Waals surface area contributed by atoms with E-state index in [1.807, 2.05) is 0 Å². The SMILES string of the molecule is O=C1C2C3CCC(O3)C2C(=O)N1c1ccn(Cc2c(Cl)cccc2Cl)n1. The molecule has 0 N–H and O–H groups in total. The number of nitrogens with zero attached hydrogens (tertiary/aromatic N) is 3. The molecule has 0 spiro atoms. The van der Waals surface area contributed by atoms with Gasteiger partial charge in [0.15, 0.2) is 5.82 Å². The minimum atomic E-state index is -0.357. The fourth-order valence-corrected chi connectivity index (χ4v) is 4.86. The summed E-state index contributed by atoms with van der Waals surface area (Å²) >= 11 is 12.4. The van der Waals surface area contributed by atoms with Gasteiger partial charge < -0.3 is 4.74 Å². The number of anilines is 1. The average molecular weight is 392 g/mol. The summed E-state index contributed by atoms with van der Waals surface area (Å²) in [5, 5.41) is 5.51.